The maximum atomic E-state index is 13.0. The highest BCUT2D eigenvalue weighted by molar-refractivity contribution is 5.43. The molecule has 5 heteroatoms. The van der Waals surface area contributed by atoms with E-state index in [9.17, 15) is 18.3 Å². The number of rotatable bonds is 4. The van der Waals surface area contributed by atoms with Gasteiger partial charge in [0.05, 0.1) is 6.61 Å². The van der Waals surface area contributed by atoms with E-state index in [1.165, 1.54) is 18.2 Å². The van der Waals surface area contributed by atoms with Gasteiger partial charge in [0, 0.05) is 0 Å². The highest BCUT2D eigenvalue weighted by atomic mass is 19.4. The molecule has 0 radical (unpaired) electrons. The van der Waals surface area contributed by atoms with Gasteiger partial charge in [-0.25, -0.2) is 0 Å². The lowest BCUT2D eigenvalue weighted by molar-refractivity contribution is -0.258. The molecule has 1 atom stereocenters. The molecule has 0 bridgehead atoms. The molecule has 0 saturated carbocycles. The summed E-state index contributed by atoms with van der Waals surface area (Å²) in [6.07, 6.45) is -4.73. The van der Waals surface area contributed by atoms with Crippen molar-refractivity contribution in [2.75, 3.05) is 6.61 Å². The van der Waals surface area contributed by atoms with Crippen LogP contribution in [-0.2, 0) is 11.0 Å². The van der Waals surface area contributed by atoms with Crippen molar-refractivity contribution in [2.45, 2.75) is 58.7 Å². The molecule has 0 amide bonds. The van der Waals surface area contributed by atoms with Crippen LogP contribution in [0.2, 0.25) is 0 Å². The Morgan fingerprint density at radius 2 is 1.64 bits per heavy atom. The van der Waals surface area contributed by atoms with Crippen LogP contribution in [0.5, 0.6) is 5.75 Å². The van der Waals surface area contributed by atoms with Crippen LogP contribution >= 0.6 is 0 Å². The molecule has 0 aliphatic rings. The van der Waals surface area contributed by atoms with Crippen molar-refractivity contribution in [1.29, 1.82) is 0 Å². The van der Waals surface area contributed by atoms with Crippen LogP contribution in [0.15, 0.2) is 18.2 Å². The molecule has 0 aliphatic heterocycles. The zero-order valence-electron chi connectivity index (χ0n) is 14.0. The van der Waals surface area contributed by atoms with Crippen LogP contribution in [0, 0.1) is 5.92 Å². The zero-order valence-corrected chi connectivity index (χ0v) is 14.0. The molecule has 1 aromatic carbocycles. The predicted molar refractivity (Wildman–Crippen MR) is 81.1 cm³/mol. The zero-order chi connectivity index (χ0) is 17.3. The monoisotopic (exact) mass is 318 g/mol. The summed E-state index contributed by atoms with van der Waals surface area (Å²) in [5.74, 6) is 0.869. The van der Waals surface area contributed by atoms with Crippen molar-refractivity contribution >= 4 is 0 Å². The highest BCUT2D eigenvalue weighted by Gasteiger charge is 2.51. The second-order valence-corrected chi connectivity index (χ2v) is 7.24. The SMILES string of the molecule is CC(C)COc1ccc(C(C)(O)C(F)(F)F)cc1C(C)(C)C. The lowest BCUT2D eigenvalue weighted by atomic mass is 9.83. The molecule has 0 saturated heterocycles. The van der Waals surface area contributed by atoms with Crippen molar-refractivity contribution in [3.05, 3.63) is 29.3 Å². The van der Waals surface area contributed by atoms with Crippen LogP contribution in [-0.4, -0.2) is 17.9 Å². The number of ether oxygens (including phenoxy) is 1. The largest absolute Gasteiger partial charge is 0.493 e. The molecule has 2 nitrogen and oxygen atoms in total. The van der Waals surface area contributed by atoms with E-state index in [2.05, 4.69) is 0 Å². The Balaban J connectivity index is 3.32. The van der Waals surface area contributed by atoms with Crippen molar-refractivity contribution in [2.24, 2.45) is 5.92 Å². The number of benzene rings is 1. The van der Waals surface area contributed by atoms with Crippen LogP contribution < -0.4 is 4.74 Å². The highest BCUT2D eigenvalue weighted by Crippen LogP contribution is 2.41. The summed E-state index contributed by atoms with van der Waals surface area (Å²) >= 11 is 0. The van der Waals surface area contributed by atoms with Crippen molar-refractivity contribution in [3.8, 4) is 5.75 Å². The molecule has 1 N–H and O–H groups in total. The number of hydrogen-bond donors (Lipinski definition) is 1. The summed E-state index contributed by atoms with van der Waals surface area (Å²) in [7, 11) is 0. The van der Waals surface area contributed by atoms with E-state index in [-0.39, 0.29) is 5.56 Å². The van der Waals surface area contributed by atoms with Gasteiger partial charge in [0.2, 0.25) is 0 Å². The molecule has 0 aliphatic carbocycles. The van der Waals surface area contributed by atoms with Crippen LogP contribution in [0.1, 0.15) is 52.7 Å². The minimum absolute atomic E-state index is 0.179. The molecule has 0 spiro atoms. The first-order valence-electron chi connectivity index (χ1n) is 7.33. The van der Waals surface area contributed by atoms with E-state index >= 15 is 0 Å². The molecule has 0 fully saturated rings. The fraction of sp³-hybridized carbons (Fsp3) is 0.647. The Bertz CT molecular complexity index is 512. The Hall–Kier alpha value is -1.23. The molecular weight excluding hydrogens is 293 g/mol. The van der Waals surface area contributed by atoms with Gasteiger partial charge in [0.1, 0.15) is 5.75 Å². The first-order valence-corrected chi connectivity index (χ1v) is 7.33. The summed E-state index contributed by atoms with van der Waals surface area (Å²) in [5, 5.41) is 9.86. The first-order chi connectivity index (χ1) is 9.76. The molecule has 0 aromatic heterocycles. The standard InChI is InChI=1S/C17H25F3O2/c1-11(2)10-22-14-8-7-12(9-13(14)15(3,4)5)16(6,21)17(18,19)20/h7-9,11,21H,10H2,1-6H3. The van der Waals surface area contributed by atoms with Gasteiger partial charge in [-0.05, 0) is 41.5 Å². The van der Waals surface area contributed by atoms with Crippen molar-refractivity contribution < 1.29 is 23.0 Å². The van der Waals surface area contributed by atoms with E-state index in [0.29, 0.717) is 23.8 Å². The third-order valence-electron chi connectivity index (χ3n) is 3.47. The van der Waals surface area contributed by atoms with Gasteiger partial charge >= 0.3 is 6.18 Å². The summed E-state index contributed by atoms with van der Waals surface area (Å²) in [4.78, 5) is 0. The second kappa shape index (κ2) is 6.11. The lowest BCUT2D eigenvalue weighted by Crippen LogP contribution is -2.39. The summed E-state index contributed by atoms with van der Waals surface area (Å²) in [6, 6.07) is 4.18. The number of aliphatic hydroxyl groups is 1. The Kier molecular flexibility index (Phi) is 5.22. The predicted octanol–water partition coefficient (Wildman–Crippen LogP) is 4.79. The molecule has 126 valence electrons. The van der Waals surface area contributed by atoms with E-state index < -0.39 is 17.2 Å². The molecule has 1 unspecified atom stereocenters. The van der Waals surface area contributed by atoms with Gasteiger partial charge in [-0.2, -0.15) is 13.2 Å². The van der Waals surface area contributed by atoms with E-state index in [0.717, 1.165) is 6.92 Å². The van der Waals surface area contributed by atoms with Gasteiger partial charge in [-0.15, -0.1) is 0 Å². The first kappa shape index (κ1) is 18.8. The summed E-state index contributed by atoms with van der Waals surface area (Å²) in [6.45, 7) is 10.9. The molecule has 22 heavy (non-hydrogen) atoms. The van der Waals surface area contributed by atoms with Crippen LogP contribution in [0.3, 0.4) is 0 Å². The Labute approximate surface area is 130 Å². The van der Waals surface area contributed by atoms with Crippen molar-refractivity contribution in [1.82, 2.24) is 0 Å². The maximum Gasteiger partial charge on any atom is 0.421 e. The number of hydrogen-bond acceptors (Lipinski definition) is 2. The number of alkyl halides is 3. The summed E-state index contributed by atoms with van der Waals surface area (Å²) in [5.41, 5.74) is -2.81. The summed E-state index contributed by atoms with van der Waals surface area (Å²) < 4.78 is 44.8. The molecule has 1 rings (SSSR count). The van der Waals surface area contributed by atoms with Crippen LogP contribution in [0.25, 0.3) is 0 Å². The maximum absolute atomic E-state index is 13.0. The quantitative estimate of drug-likeness (QED) is 0.865. The minimum Gasteiger partial charge on any atom is -0.493 e. The smallest absolute Gasteiger partial charge is 0.421 e. The Morgan fingerprint density at radius 1 is 1.09 bits per heavy atom. The van der Waals surface area contributed by atoms with Gasteiger partial charge in [-0.3, -0.25) is 0 Å². The van der Waals surface area contributed by atoms with Gasteiger partial charge in [0.25, 0.3) is 0 Å². The normalized spacial score (nSPS) is 15.8. The Morgan fingerprint density at radius 3 is 2.05 bits per heavy atom. The van der Waals surface area contributed by atoms with Crippen LogP contribution in [0.4, 0.5) is 13.2 Å². The fourth-order valence-electron chi connectivity index (χ4n) is 1.96. The second-order valence-electron chi connectivity index (χ2n) is 7.24. The molecule has 0 heterocycles. The van der Waals surface area contributed by atoms with E-state index in [1.54, 1.807) is 0 Å². The minimum atomic E-state index is -4.73. The van der Waals surface area contributed by atoms with E-state index in [1.807, 2.05) is 34.6 Å². The average molecular weight is 318 g/mol. The average Bonchev–Trinajstić information content (AvgIpc) is 2.33. The molecule has 1 aromatic rings. The number of halogens is 3. The third-order valence-corrected chi connectivity index (χ3v) is 3.47. The van der Waals surface area contributed by atoms with E-state index in [4.69, 9.17) is 4.74 Å². The van der Waals surface area contributed by atoms with Gasteiger partial charge < -0.3 is 9.84 Å². The van der Waals surface area contributed by atoms with Gasteiger partial charge in [-0.1, -0.05) is 40.7 Å². The van der Waals surface area contributed by atoms with Crippen molar-refractivity contribution in [3.63, 3.8) is 0 Å². The lowest BCUT2D eigenvalue weighted by Gasteiger charge is -2.30. The third kappa shape index (κ3) is 4.15. The fourth-order valence-corrected chi connectivity index (χ4v) is 1.96. The topological polar surface area (TPSA) is 29.5 Å². The molecular formula is C17H25F3O2. The van der Waals surface area contributed by atoms with Gasteiger partial charge in [0.15, 0.2) is 5.60 Å².